The number of tetrazole rings is 1. The highest BCUT2D eigenvalue weighted by atomic mass is 16.6. The molecule has 0 aromatic carbocycles. The van der Waals surface area contributed by atoms with Crippen LogP contribution < -0.4 is 0 Å². The molecule has 1 heterocycles. The van der Waals surface area contributed by atoms with Gasteiger partial charge in [0.05, 0.1) is 13.2 Å². The van der Waals surface area contributed by atoms with Crippen LogP contribution in [-0.4, -0.2) is 51.5 Å². The van der Waals surface area contributed by atoms with Crippen LogP contribution in [0.3, 0.4) is 0 Å². The molecule has 0 bridgehead atoms. The molecule has 0 saturated heterocycles. The predicted molar refractivity (Wildman–Crippen MR) is 83.6 cm³/mol. The Balaban J connectivity index is 2.55. The summed E-state index contributed by atoms with van der Waals surface area (Å²) < 4.78 is 12.2. The number of rotatable bonds is 14. The van der Waals surface area contributed by atoms with E-state index in [4.69, 9.17) is 9.47 Å². The Kier molecular flexibility index (Phi) is 10.0. The molecule has 132 valence electrons. The van der Waals surface area contributed by atoms with Gasteiger partial charge in [-0.2, -0.15) is 0 Å². The zero-order valence-electron chi connectivity index (χ0n) is 14.0. The largest absolute Gasteiger partial charge is 0.379 e. The highest BCUT2D eigenvalue weighted by Gasteiger charge is 2.22. The molecule has 9 heteroatoms. The molecule has 1 atom stereocenters. The second-order valence-corrected chi connectivity index (χ2v) is 5.31. The second-order valence-electron chi connectivity index (χ2n) is 5.31. The summed E-state index contributed by atoms with van der Waals surface area (Å²) >= 11 is 0. The molecule has 0 aliphatic heterocycles. The number of nitro groups is 1. The van der Waals surface area contributed by atoms with E-state index in [1.54, 1.807) is 0 Å². The Labute approximate surface area is 136 Å². The lowest BCUT2D eigenvalue weighted by molar-refractivity contribution is -0.486. The SMILES string of the molecule is CCCCCCC(C[N+](=O)[O-])n1nnnc1COCCOCC. The molecular formula is C14H27N5O4. The van der Waals surface area contributed by atoms with Gasteiger partial charge in [0.25, 0.3) is 0 Å². The Morgan fingerprint density at radius 2 is 2.00 bits per heavy atom. The lowest BCUT2D eigenvalue weighted by Crippen LogP contribution is -2.23. The van der Waals surface area contributed by atoms with Crippen LogP contribution in [0.5, 0.6) is 0 Å². The molecular weight excluding hydrogens is 302 g/mol. The van der Waals surface area contributed by atoms with E-state index >= 15 is 0 Å². The van der Waals surface area contributed by atoms with E-state index in [1.807, 2.05) is 6.92 Å². The summed E-state index contributed by atoms with van der Waals surface area (Å²) in [5.74, 6) is 0.517. The molecule has 1 aromatic heterocycles. The number of unbranched alkanes of at least 4 members (excludes halogenated alkanes) is 3. The summed E-state index contributed by atoms with van der Waals surface area (Å²) in [5, 5.41) is 22.4. The topological polar surface area (TPSA) is 105 Å². The van der Waals surface area contributed by atoms with Gasteiger partial charge in [0.2, 0.25) is 6.54 Å². The van der Waals surface area contributed by atoms with E-state index in [0.717, 1.165) is 25.7 Å². The van der Waals surface area contributed by atoms with E-state index in [1.165, 1.54) is 4.68 Å². The number of hydrogen-bond acceptors (Lipinski definition) is 7. The minimum absolute atomic E-state index is 0.177. The summed E-state index contributed by atoms with van der Waals surface area (Å²) in [5.41, 5.74) is 0. The number of ether oxygens (including phenoxy) is 2. The molecule has 0 aliphatic carbocycles. The van der Waals surface area contributed by atoms with Gasteiger partial charge in [0.1, 0.15) is 12.6 Å². The third kappa shape index (κ3) is 7.98. The fourth-order valence-electron chi connectivity index (χ4n) is 2.29. The molecule has 23 heavy (non-hydrogen) atoms. The van der Waals surface area contributed by atoms with E-state index in [0.29, 0.717) is 32.1 Å². The molecule has 9 nitrogen and oxygen atoms in total. The fraction of sp³-hybridized carbons (Fsp3) is 0.929. The third-order valence-electron chi connectivity index (χ3n) is 3.46. The van der Waals surface area contributed by atoms with Gasteiger partial charge in [0.15, 0.2) is 5.82 Å². The van der Waals surface area contributed by atoms with Crippen molar-refractivity contribution in [2.75, 3.05) is 26.4 Å². The van der Waals surface area contributed by atoms with Gasteiger partial charge in [0, 0.05) is 11.5 Å². The van der Waals surface area contributed by atoms with Crippen LogP contribution in [0.2, 0.25) is 0 Å². The van der Waals surface area contributed by atoms with Crippen molar-refractivity contribution < 1.29 is 14.4 Å². The summed E-state index contributed by atoms with van der Waals surface area (Å²) in [7, 11) is 0. The molecule has 1 aromatic rings. The van der Waals surface area contributed by atoms with Crippen molar-refractivity contribution in [3.63, 3.8) is 0 Å². The van der Waals surface area contributed by atoms with Crippen LogP contribution in [0.25, 0.3) is 0 Å². The van der Waals surface area contributed by atoms with Gasteiger partial charge >= 0.3 is 0 Å². The summed E-state index contributed by atoms with van der Waals surface area (Å²) in [6.07, 6.45) is 4.94. The van der Waals surface area contributed by atoms with Crippen LogP contribution in [0, 0.1) is 10.1 Å². The van der Waals surface area contributed by atoms with Crippen molar-refractivity contribution >= 4 is 0 Å². The van der Waals surface area contributed by atoms with Gasteiger partial charge in [-0.3, -0.25) is 10.1 Å². The summed E-state index contributed by atoms with van der Waals surface area (Å²) in [6.45, 7) is 5.69. The van der Waals surface area contributed by atoms with Crippen molar-refractivity contribution in [1.29, 1.82) is 0 Å². The Hall–Kier alpha value is -1.61. The molecule has 0 saturated carbocycles. The number of aromatic nitrogens is 4. The first-order valence-corrected chi connectivity index (χ1v) is 8.23. The van der Waals surface area contributed by atoms with Gasteiger partial charge in [-0.25, -0.2) is 4.68 Å². The third-order valence-corrected chi connectivity index (χ3v) is 3.46. The van der Waals surface area contributed by atoms with E-state index in [9.17, 15) is 10.1 Å². The maximum absolute atomic E-state index is 10.9. The molecule has 1 rings (SSSR count). The average Bonchev–Trinajstić information content (AvgIpc) is 2.98. The monoisotopic (exact) mass is 329 g/mol. The molecule has 1 unspecified atom stereocenters. The van der Waals surface area contributed by atoms with E-state index < -0.39 is 0 Å². The minimum Gasteiger partial charge on any atom is -0.379 e. The van der Waals surface area contributed by atoms with Crippen LogP contribution in [0.15, 0.2) is 0 Å². The maximum Gasteiger partial charge on any atom is 0.226 e. The van der Waals surface area contributed by atoms with Crippen LogP contribution in [0.1, 0.15) is 57.8 Å². The predicted octanol–water partition coefficient (Wildman–Crippen LogP) is 2.01. The zero-order valence-corrected chi connectivity index (χ0v) is 14.0. The van der Waals surface area contributed by atoms with Crippen LogP contribution in [0.4, 0.5) is 0 Å². The highest BCUT2D eigenvalue weighted by molar-refractivity contribution is 4.82. The maximum atomic E-state index is 10.9. The smallest absolute Gasteiger partial charge is 0.226 e. The lowest BCUT2D eigenvalue weighted by Gasteiger charge is -2.14. The Morgan fingerprint density at radius 3 is 2.70 bits per heavy atom. The summed E-state index contributed by atoms with van der Waals surface area (Å²) in [4.78, 5) is 10.6. The normalized spacial score (nSPS) is 12.4. The molecule has 0 radical (unpaired) electrons. The first-order chi connectivity index (χ1) is 11.2. The number of hydrogen-bond donors (Lipinski definition) is 0. The quantitative estimate of drug-likeness (QED) is 0.292. The number of nitrogens with zero attached hydrogens (tertiary/aromatic N) is 5. The van der Waals surface area contributed by atoms with Crippen LogP contribution >= 0.6 is 0 Å². The van der Waals surface area contributed by atoms with Gasteiger partial charge in [-0.1, -0.05) is 32.6 Å². The highest BCUT2D eigenvalue weighted by Crippen LogP contribution is 2.17. The van der Waals surface area contributed by atoms with Gasteiger partial charge in [-0.05, 0) is 23.8 Å². The minimum atomic E-state index is -0.331. The van der Waals surface area contributed by atoms with Crippen molar-refractivity contribution in [3.8, 4) is 0 Å². The first-order valence-electron chi connectivity index (χ1n) is 8.23. The molecule has 0 amide bonds. The average molecular weight is 329 g/mol. The molecule has 0 aliphatic rings. The van der Waals surface area contributed by atoms with E-state index in [-0.39, 0.29) is 24.1 Å². The van der Waals surface area contributed by atoms with Gasteiger partial charge in [-0.15, -0.1) is 5.10 Å². The van der Waals surface area contributed by atoms with Crippen LogP contribution in [-0.2, 0) is 16.1 Å². The van der Waals surface area contributed by atoms with Crippen molar-refractivity contribution in [3.05, 3.63) is 15.9 Å². The summed E-state index contributed by atoms with van der Waals surface area (Å²) in [6, 6.07) is -0.331. The molecule has 0 spiro atoms. The van der Waals surface area contributed by atoms with E-state index in [2.05, 4.69) is 22.4 Å². The van der Waals surface area contributed by atoms with Crippen molar-refractivity contribution in [2.45, 2.75) is 58.6 Å². The zero-order chi connectivity index (χ0) is 16.9. The lowest BCUT2D eigenvalue weighted by atomic mass is 10.1. The second kappa shape index (κ2) is 11.9. The first kappa shape index (κ1) is 19.4. The van der Waals surface area contributed by atoms with Gasteiger partial charge < -0.3 is 9.47 Å². The van der Waals surface area contributed by atoms with Crippen molar-refractivity contribution in [1.82, 2.24) is 20.2 Å². The Bertz CT molecular complexity index is 441. The standard InChI is InChI=1S/C14H27N5O4/c1-3-5-6-7-8-13(11-18(20)21)19-14(15-16-17-19)12-23-10-9-22-4-2/h13H,3-12H2,1-2H3. The fourth-order valence-corrected chi connectivity index (χ4v) is 2.29. The molecule has 0 N–H and O–H groups in total. The molecule has 0 fully saturated rings. The Morgan fingerprint density at radius 1 is 1.22 bits per heavy atom. The van der Waals surface area contributed by atoms with Crippen molar-refractivity contribution in [2.24, 2.45) is 0 Å².